The summed E-state index contributed by atoms with van der Waals surface area (Å²) >= 11 is 0. The third-order valence-corrected chi connectivity index (χ3v) is 20.5. The third kappa shape index (κ3) is 75.5. The van der Waals surface area contributed by atoms with Crippen molar-refractivity contribution in [1.82, 2.24) is 0 Å². The fourth-order valence-electron chi connectivity index (χ4n) is 12.1. The number of aliphatic hydroxyl groups excluding tert-OH is 1. The first kappa shape index (κ1) is 99.3. The number of unbranched alkanes of at least 4 members (excludes halogenated alkanes) is 49. The van der Waals surface area contributed by atoms with Gasteiger partial charge in [-0.3, -0.25) is 37.3 Å². The minimum Gasteiger partial charge on any atom is -0.462 e. The highest BCUT2D eigenvalue weighted by Gasteiger charge is 2.30. The standard InChI is InChI=1S/C83H156O17P2/c1-5-9-13-17-21-25-29-33-37-38-42-46-50-54-58-62-66-70-83(88)100-79(74-94-81(86)68-64-60-56-52-48-44-40-35-31-27-23-19-15-11-7-3)76-98-102(91,92)96-72-77(84)71-95-101(89,90)97-75-78(99-82(87)69-65-61-57-53-49-45-41-36-32-28-24-20-16-12-8-4)73-93-80(85)67-63-59-55-51-47-43-39-34-30-26-22-18-14-10-6-2/h23,27,34-35,39-40,77-79,84H,5-22,24-26,28-33,36-38,41-76H2,1-4H3,(H,89,90)(H,91,92)/b27-23-,39-34-,40-35-/t77-,78-,79-/m1/s1. The number of hydrogen-bond donors (Lipinski definition) is 3. The Morgan fingerprint density at radius 1 is 0.275 bits per heavy atom. The molecule has 0 saturated heterocycles. The van der Waals surface area contributed by atoms with E-state index in [2.05, 4.69) is 64.2 Å². The lowest BCUT2D eigenvalue weighted by Gasteiger charge is -2.21. The molecule has 0 aromatic carbocycles. The van der Waals surface area contributed by atoms with Gasteiger partial charge in [0.25, 0.3) is 0 Å². The van der Waals surface area contributed by atoms with Crippen molar-refractivity contribution in [1.29, 1.82) is 0 Å². The molecule has 0 aromatic heterocycles. The minimum absolute atomic E-state index is 0.101. The summed E-state index contributed by atoms with van der Waals surface area (Å²) in [6.45, 7) is 4.95. The molecule has 5 atom stereocenters. The van der Waals surface area contributed by atoms with E-state index in [-0.39, 0.29) is 25.7 Å². The van der Waals surface area contributed by atoms with Crippen molar-refractivity contribution in [2.75, 3.05) is 39.6 Å². The van der Waals surface area contributed by atoms with Crippen molar-refractivity contribution in [2.45, 2.75) is 431 Å². The quantitative estimate of drug-likeness (QED) is 0.0169. The van der Waals surface area contributed by atoms with Crippen LogP contribution in [-0.4, -0.2) is 96.7 Å². The summed E-state index contributed by atoms with van der Waals surface area (Å²) in [5.41, 5.74) is 0. The van der Waals surface area contributed by atoms with Crippen LogP contribution < -0.4 is 0 Å². The maximum absolute atomic E-state index is 13.1. The molecule has 0 aliphatic rings. The Morgan fingerprint density at radius 3 is 0.755 bits per heavy atom. The molecule has 102 heavy (non-hydrogen) atoms. The topological polar surface area (TPSA) is 237 Å². The van der Waals surface area contributed by atoms with E-state index in [1.54, 1.807) is 0 Å². The van der Waals surface area contributed by atoms with E-state index in [9.17, 15) is 43.2 Å². The van der Waals surface area contributed by atoms with Crippen molar-refractivity contribution in [3.05, 3.63) is 36.5 Å². The first-order chi connectivity index (χ1) is 49.7. The van der Waals surface area contributed by atoms with Gasteiger partial charge < -0.3 is 33.8 Å². The van der Waals surface area contributed by atoms with E-state index in [0.29, 0.717) is 25.7 Å². The molecule has 600 valence electrons. The van der Waals surface area contributed by atoms with Crippen LogP contribution in [-0.2, 0) is 65.4 Å². The Balaban J connectivity index is 5.32. The van der Waals surface area contributed by atoms with Gasteiger partial charge in [-0.2, -0.15) is 0 Å². The largest absolute Gasteiger partial charge is 0.472 e. The zero-order valence-corrected chi connectivity index (χ0v) is 67.6. The Hall–Kier alpha value is -2.72. The molecular weight excluding hydrogens is 1330 g/mol. The van der Waals surface area contributed by atoms with Gasteiger partial charge in [-0.05, 0) is 83.5 Å². The molecule has 0 aromatic rings. The van der Waals surface area contributed by atoms with E-state index < -0.39 is 97.5 Å². The van der Waals surface area contributed by atoms with Gasteiger partial charge in [0.15, 0.2) is 12.2 Å². The lowest BCUT2D eigenvalue weighted by molar-refractivity contribution is -0.161. The third-order valence-electron chi connectivity index (χ3n) is 18.6. The van der Waals surface area contributed by atoms with Crippen LogP contribution >= 0.6 is 15.6 Å². The number of phosphoric acid groups is 2. The molecule has 0 radical (unpaired) electrons. The normalized spacial score (nSPS) is 14.0. The van der Waals surface area contributed by atoms with Crippen LogP contribution in [0, 0.1) is 0 Å². The van der Waals surface area contributed by atoms with Gasteiger partial charge in [0.2, 0.25) is 0 Å². The average Bonchev–Trinajstić information content (AvgIpc) is 1.12. The number of aliphatic hydroxyl groups is 1. The van der Waals surface area contributed by atoms with E-state index in [0.717, 1.165) is 135 Å². The fraction of sp³-hybridized carbons (Fsp3) is 0.880. The molecule has 0 spiro atoms. The average molecular weight is 1490 g/mol. The lowest BCUT2D eigenvalue weighted by Crippen LogP contribution is -2.30. The molecule has 0 fully saturated rings. The molecule has 0 amide bonds. The van der Waals surface area contributed by atoms with Crippen LogP contribution in [0.15, 0.2) is 36.5 Å². The SMILES string of the molecule is CCCCC/C=C\C/C=C\CCCCCCCC(=O)OC[C@H](COP(=O)(O)OC[C@H](O)COP(=O)(O)OC[C@@H](COC(=O)CCCCCCC/C=C\CCCCCCCC)OC(=O)CCCCCCCCCCCCCCCCC)OC(=O)CCCCCCCCCCCCCCCCCCC. The van der Waals surface area contributed by atoms with E-state index in [1.165, 1.54) is 199 Å². The predicted octanol–water partition coefficient (Wildman–Crippen LogP) is 24.7. The zero-order chi connectivity index (χ0) is 74.6. The van der Waals surface area contributed by atoms with Crippen molar-refractivity contribution >= 4 is 39.5 Å². The van der Waals surface area contributed by atoms with Gasteiger partial charge in [-0.1, -0.05) is 340 Å². The smallest absolute Gasteiger partial charge is 0.462 e. The van der Waals surface area contributed by atoms with E-state index in [1.807, 2.05) is 0 Å². The van der Waals surface area contributed by atoms with Crippen LogP contribution in [0.4, 0.5) is 0 Å². The number of carbonyl (C=O) groups excluding carboxylic acids is 4. The molecule has 19 heteroatoms. The molecule has 3 N–H and O–H groups in total. The van der Waals surface area contributed by atoms with Gasteiger partial charge in [0.05, 0.1) is 26.4 Å². The Labute approximate surface area is 624 Å². The number of hydrogen-bond acceptors (Lipinski definition) is 15. The van der Waals surface area contributed by atoms with Crippen LogP contribution in [0.5, 0.6) is 0 Å². The molecule has 0 bridgehead atoms. The van der Waals surface area contributed by atoms with E-state index in [4.69, 9.17) is 37.0 Å². The van der Waals surface area contributed by atoms with Crippen LogP contribution in [0.1, 0.15) is 413 Å². The fourth-order valence-corrected chi connectivity index (χ4v) is 13.7. The summed E-state index contributed by atoms with van der Waals surface area (Å²) in [5, 5.41) is 10.7. The predicted molar refractivity (Wildman–Crippen MR) is 418 cm³/mol. The molecule has 17 nitrogen and oxygen atoms in total. The highest BCUT2D eigenvalue weighted by Crippen LogP contribution is 2.45. The molecular formula is C83H156O17P2. The summed E-state index contributed by atoms with van der Waals surface area (Å²) in [7, 11) is -9.94. The van der Waals surface area contributed by atoms with Crippen LogP contribution in [0.2, 0.25) is 0 Å². The summed E-state index contributed by atoms with van der Waals surface area (Å²) in [4.78, 5) is 73.1. The number of carbonyl (C=O) groups is 4. The zero-order valence-electron chi connectivity index (χ0n) is 65.8. The summed E-state index contributed by atoms with van der Waals surface area (Å²) in [6, 6.07) is 0. The summed E-state index contributed by atoms with van der Waals surface area (Å²) < 4.78 is 68.8. The molecule has 0 heterocycles. The van der Waals surface area contributed by atoms with Crippen molar-refractivity contribution in [3.8, 4) is 0 Å². The Kier molecular flexibility index (Phi) is 74.4. The highest BCUT2D eigenvalue weighted by molar-refractivity contribution is 7.47. The van der Waals surface area contributed by atoms with Crippen molar-refractivity contribution in [3.63, 3.8) is 0 Å². The molecule has 0 aliphatic heterocycles. The Morgan fingerprint density at radius 2 is 0.480 bits per heavy atom. The van der Waals surface area contributed by atoms with Crippen LogP contribution in [0.3, 0.4) is 0 Å². The molecule has 0 saturated carbocycles. The minimum atomic E-state index is -4.97. The number of ether oxygens (including phenoxy) is 4. The van der Waals surface area contributed by atoms with Gasteiger partial charge >= 0.3 is 39.5 Å². The second-order valence-corrected chi connectivity index (χ2v) is 31.7. The summed E-state index contributed by atoms with van der Waals surface area (Å²) in [6.07, 6.45) is 73.9. The number of phosphoric ester groups is 2. The van der Waals surface area contributed by atoms with Crippen molar-refractivity contribution < 1.29 is 80.2 Å². The molecule has 2 unspecified atom stereocenters. The van der Waals surface area contributed by atoms with Crippen molar-refractivity contribution in [2.24, 2.45) is 0 Å². The second kappa shape index (κ2) is 76.5. The van der Waals surface area contributed by atoms with Gasteiger partial charge in [0.1, 0.15) is 19.3 Å². The number of esters is 4. The second-order valence-electron chi connectivity index (χ2n) is 28.8. The first-order valence-electron chi connectivity index (χ1n) is 42.2. The Bertz CT molecular complexity index is 2070. The van der Waals surface area contributed by atoms with Gasteiger partial charge in [-0.25, -0.2) is 9.13 Å². The highest BCUT2D eigenvalue weighted by atomic mass is 31.2. The maximum atomic E-state index is 13.1. The van der Waals surface area contributed by atoms with E-state index >= 15 is 0 Å². The maximum Gasteiger partial charge on any atom is 0.472 e. The van der Waals surface area contributed by atoms with Gasteiger partial charge in [-0.15, -0.1) is 0 Å². The number of allylic oxidation sites excluding steroid dienone is 6. The molecule has 0 aliphatic carbocycles. The number of rotatable bonds is 81. The van der Waals surface area contributed by atoms with Crippen LogP contribution in [0.25, 0.3) is 0 Å². The first-order valence-corrected chi connectivity index (χ1v) is 45.2. The summed E-state index contributed by atoms with van der Waals surface area (Å²) in [5.74, 6) is -2.15. The lowest BCUT2D eigenvalue weighted by atomic mass is 10.0. The van der Waals surface area contributed by atoms with Gasteiger partial charge in [0, 0.05) is 25.7 Å². The monoisotopic (exact) mass is 1490 g/mol. The molecule has 0 rings (SSSR count).